The minimum absolute atomic E-state index is 0.123. The summed E-state index contributed by atoms with van der Waals surface area (Å²) in [6, 6.07) is 2.89. The first kappa shape index (κ1) is 22.5. The number of aromatic nitrogens is 2. The fourth-order valence-corrected chi connectivity index (χ4v) is 2.90. The van der Waals surface area contributed by atoms with Crippen LogP contribution < -0.4 is 14.8 Å². The van der Waals surface area contributed by atoms with Crippen molar-refractivity contribution in [2.75, 3.05) is 12.4 Å². The molecule has 2 rings (SSSR count). The number of aryl methyl sites for hydroxylation is 2. The number of rotatable bonds is 7. The normalized spacial score (nSPS) is 11.9. The lowest BCUT2D eigenvalue weighted by atomic mass is 10.2. The molecule has 8 nitrogen and oxygen atoms in total. The summed E-state index contributed by atoms with van der Waals surface area (Å²) < 4.78 is 17.9. The van der Waals surface area contributed by atoms with E-state index in [2.05, 4.69) is 10.4 Å². The van der Waals surface area contributed by atoms with Gasteiger partial charge in [-0.15, -0.1) is 0 Å². The lowest BCUT2D eigenvalue weighted by molar-refractivity contribution is -0.123. The van der Waals surface area contributed by atoms with Crippen LogP contribution in [0.3, 0.4) is 0 Å². The zero-order chi connectivity index (χ0) is 21.9. The molecule has 1 atom stereocenters. The second-order valence-electron chi connectivity index (χ2n) is 6.86. The Morgan fingerprint density at radius 3 is 2.38 bits per heavy atom. The van der Waals surface area contributed by atoms with Gasteiger partial charge in [-0.25, -0.2) is 4.79 Å². The van der Waals surface area contributed by atoms with Gasteiger partial charge in [0.15, 0.2) is 17.6 Å². The quantitative estimate of drug-likeness (QED) is 0.683. The van der Waals surface area contributed by atoms with Gasteiger partial charge in [0.05, 0.1) is 40.9 Å². The summed E-state index contributed by atoms with van der Waals surface area (Å²) in [6.07, 6.45) is -1.15. The average Bonchev–Trinajstić information content (AvgIpc) is 2.88. The molecule has 1 aromatic carbocycles. The Kier molecular flexibility index (Phi) is 7.13. The smallest absolute Gasteiger partial charge is 0.339 e. The zero-order valence-corrected chi connectivity index (χ0v) is 18.4. The minimum Gasteiger partial charge on any atom is -0.493 e. The fourth-order valence-electron chi connectivity index (χ4n) is 2.65. The van der Waals surface area contributed by atoms with Crippen LogP contribution in [-0.4, -0.2) is 41.0 Å². The van der Waals surface area contributed by atoms with Crippen LogP contribution in [0.15, 0.2) is 12.1 Å². The SMILES string of the molecule is COc1cc(C(=O)O[C@H](C)C(=O)Nc2c(C)nn(C)c2C)cc(Cl)c1OC(C)C. The van der Waals surface area contributed by atoms with Crippen LogP contribution in [0.4, 0.5) is 5.69 Å². The Labute approximate surface area is 175 Å². The van der Waals surface area contributed by atoms with Crippen LogP contribution in [0.25, 0.3) is 0 Å². The predicted octanol–water partition coefficient (Wildman–Crippen LogP) is 3.67. The standard InChI is InChI=1S/C20H26ClN3O5/c1-10(2)28-18-15(21)8-14(9-16(18)27-7)20(26)29-13(5)19(25)22-17-11(3)23-24(6)12(17)4/h8-10,13H,1-7H3,(H,22,25)/t13-/m1/s1. The van der Waals surface area contributed by atoms with E-state index in [1.54, 1.807) is 18.7 Å². The van der Waals surface area contributed by atoms with Crippen LogP contribution in [0.2, 0.25) is 5.02 Å². The first-order valence-corrected chi connectivity index (χ1v) is 9.49. The molecular formula is C20H26ClN3O5. The lowest BCUT2D eigenvalue weighted by Crippen LogP contribution is -2.30. The molecule has 0 saturated carbocycles. The van der Waals surface area contributed by atoms with E-state index in [0.29, 0.717) is 22.9 Å². The number of esters is 1. The fraction of sp³-hybridized carbons (Fsp3) is 0.450. The van der Waals surface area contributed by atoms with Crippen LogP contribution in [0.1, 0.15) is 42.5 Å². The van der Waals surface area contributed by atoms with Gasteiger partial charge >= 0.3 is 5.97 Å². The molecule has 0 bridgehead atoms. The average molecular weight is 424 g/mol. The van der Waals surface area contributed by atoms with E-state index in [4.69, 9.17) is 25.8 Å². The van der Waals surface area contributed by atoms with E-state index in [0.717, 1.165) is 5.69 Å². The monoisotopic (exact) mass is 423 g/mol. The highest BCUT2D eigenvalue weighted by Gasteiger charge is 2.23. The Bertz CT molecular complexity index is 923. The van der Waals surface area contributed by atoms with Crippen LogP contribution >= 0.6 is 11.6 Å². The number of carbonyl (C=O) groups excluding carboxylic acids is 2. The Morgan fingerprint density at radius 1 is 1.21 bits per heavy atom. The third kappa shape index (κ3) is 5.20. The number of hydrogen-bond donors (Lipinski definition) is 1. The van der Waals surface area contributed by atoms with E-state index in [-0.39, 0.29) is 16.7 Å². The van der Waals surface area contributed by atoms with Crippen molar-refractivity contribution >= 4 is 29.2 Å². The molecule has 1 amide bonds. The molecule has 0 aliphatic carbocycles. The number of nitrogens with one attached hydrogen (secondary N) is 1. The lowest BCUT2D eigenvalue weighted by Gasteiger charge is -2.17. The van der Waals surface area contributed by atoms with Crippen LogP contribution in [0.5, 0.6) is 11.5 Å². The molecule has 158 valence electrons. The summed E-state index contributed by atoms with van der Waals surface area (Å²) in [4.78, 5) is 25.0. The van der Waals surface area contributed by atoms with E-state index in [9.17, 15) is 9.59 Å². The van der Waals surface area contributed by atoms with Gasteiger partial charge in [0.25, 0.3) is 5.91 Å². The number of anilines is 1. The molecule has 0 aliphatic heterocycles. The number of benzene rings is 1. The summed E-state index contributed by atoms with van der Waals surface area (Å²) >= 11 is 6.24. The van der Waals surface area contributed by atoms with E-state index >= 15 is 0 Å². The molecule has 9 heteroatoms. The van der Waals surface area contributed by atoms with Crippen molar-refractivity contribution in [3.05, 3.63) is 34.1 Å². The maximum atomic E-state index is 12.5. The number of methoxy groups -OCH3 is 1. The molecule has 0 saturated heterocycles. The number of hydrogen-bond acceptors (Lipinski definition) is 6. The molecule has 1 aromatic heterocycles. The minimum atomic E-state index is -1.03. The highest BCUT2D eigenvalue weighted by molar-refractivity contribution is 6.32. The third-order valence-corrected chi connectivity index (χ3v) is 4.51. The number of nitrogens with zero attached hydrogens (tertiary/aromatic N) is 2. The second-order valence-corrected chi connectivity index (χ2v) is 7.27. The van der Waals surface area contributed by atoms with Crippen molar-refractivity contribution in [2.45, 2.75) is 46.8 Å². The molecule has 1 heterocycles. The Hall–Kier alpha value is -2.74. The summed E-state index contributed by atoms with van der Waals surface area (Å²) in [5, 5.41) is 7.20. The zero-order valence-electron chi connectivity index (χ0n) is 17.6. The predicted molar refractivity (Wildman–Crippen MR) is 110 cm³/mol. The van der Waals surface area contributed by atoms with Crippen molar-refractivity contribution in [2.24, 2.45) is 7.05 Å². The number of halogens is 1. The van der Waals surface area contributed by atoms with Crippen molar-refractivity contribution in [1.29, 1.82) is 0 Å². The summed E-state index contributed by atoms with van der Waals surface area (Å²) in [7, 11) is 3.23. The molecule has 1 N–H and O–H groups in total. The first-order valence-electron chi connectivity index (χ1n) is 9.11. The maximum absolute atomic E-state index is 12.5. The van der Waals surface area contributed by atoms with Gasteiger partial charge in [-0.2, -0.15) is 5.10 Å². The number of amides is 1. The third-order valence-electron chi connectivity index (χ3n) is 4.23. The number of ether oxygens (including phenoxy) is 3. The molecule has 0 fully saturated rings. The first-order chi connectivity index (χ1) is 13.5. The molecule has 0 unspecified atom stereocenters. The highest BCUT2D eigenvalue weighted by atomic mass is 35.5. The summed E-state index contributed by atoms with van der Waals surface area (Å²) in [6.45, 7) is 8.81. The van der Waals surface area contributed by atoms with Gasteiger partial charge in [-0.3, -0.25) is 9.48 Å². The van der Waals surface area contributed by atoms with Crippen LogP contribution in [0, 0.1) is 13.8 Å². The molecule has 2 aromatic rings. The van der Waals surface area contributed by atoms with Gasteiger partial charge in [0, 0.05) is 7.05 Å². The van der Waals surface area contributed by atoms with Crippen molar-refractivity contribution in [1.82, 2.24) is 9.78 Å². The van der Waals surface area contributed by atoms with Gasteiger partial charge < -0.3 is 19.5 Å². The van der Waals surface area contributed by atoms with E-state index in [1.807, 2.05) is 20.8 Å². The highest BCUT2D eigenvalue weighted by Crippen LogP contribution is 2.37. The topological polar surface area (TPSA) is 91.7 Å². The van der Waals surface area contributed by atoms with Crippen molar-refractivity contribution in [3.63, 3.8) is 0 Å². The molecule has 0 aliphatic rings. The summed E-state index contributed by atoms with van der Waals surface area (Å²) in [5.74, 6) is -0.523. The van der Waals surface area contributed by atoms with Gasteiger partial charge in [0.1, 0.15) is 0 Å². The Morgan fingerprint density at radius 2 is 1.86 bits per heavy atom. The maximum Gasteiger partial charge on any atom is 0.339 e. The van der Waals surface area contributed by atoms with Gasteiger partial charge in [-0.05, 0) is 46.8 Å². The summed E-state index contributed by atoms with van der Waals surface area (Å²) in [5.41, 5.74) is 2.22. The second kappa shape index (κ2) is 9.17. The van der Waals surface area contributed by atoms with Crippen molar-refractivity contribution < 1.29 is 23.8 Å². The number of carbonyl (C=O) groups is 2. The van der Waals surface area contributed by atoms with Gasteiger partial charge in [-0.1, -0.05) is 11.6 Å². The molecule has 29 heavy (non-hydrogen) atoms. The van der Waals surface area contributed by atoms with Crippen molar-refractivity contribution in [3.8, 4) is 11.5 Å². The molecule has 0 spiro atoms. The molecular weight excluding hydrogens is 398 g/mol. The largest absolute Gasteiger partial charge is 0.493 e. The molecule has 0 radical (unpaired) electrons. The van der Waals surface area contributed by atoms with Gasteiger partial charge in [0.2, 0.25) is 0 Å². The van der Waals surface area contributed by atoms with E-state index < -0.39 is 18.0 Å². The van der Waals surface area contributed by atoms with Crippen LogP contribution in [-0.2, 0) is 16.6 Å². The van der Waals surface area contributed by atoms with E-state index in [1.165, 1.54) is 26.2 Å². The Balaban J connectivity index is 2.14.